The van der Waals surface area contributed by atoms with E-state index in [1.165, 1.54) is 25.7 Å². The minimum absolute atomic E-state index is 0.0422. The van der Waals surface area contributed by atoms with Crippen LogP contribution < -0.4 is 5.32 Å². The second-order valence-corrected chi connectivity index (χ2v) is 10.9. The van der Waals surface area contributed by atoms with Crippen molar-refractivity contribution in [2.24, 2.45) is 5.92 Å². The smallest absolute Gasteiger partial charge is 0.319 e. The van der Waals surface area contributed by atoms with Crippen LogP contribution in [0.4, 0.5) is 19.4 Å². The van der Waals surface area contributed by atoms with Crippen molar-refractivity contribution in [3.63, 3.8) is 0 Å². The highest BCUT2D eigenvalue weighted by Crippen LogP contribution is 2.41. The van der Waals surface area contributed by atoms with E-state index in [-0.39, 0.29) is 30.0 Å². The number of aromatic nitrogens is 2. The molecule has 3 aliphatic rings. The predicted octanol–water partition coefficient (Wildman–Crippen LogP) is 4.31. The molecule has 1 aromatic carbocycles. The summed E-state index contributed by atoms with van der Waals surface area (Å²) in [5, 5.41) is 9.80. The zero-order valence-corrected chi connectivity index (χ0v) is 21.1. The van der Waals surface area contributed by atoms with Crippen molar-refractivity contribution in [3.05, 3.63) is 46.7 Å². The minimum atomic E-state index is -0.946. The lowest BCUT2D eigenvalue weighted by Gasteiger charge is -2.44. The average Bonchev–Trinajstić information content (AvgIpc) is 3.52. The molecule has 36 heavy (non-hydrogen) atoms. The Morgan fingerprint density at radius 3 is 2.64 bits per heavy atom. The first-order chi connectivity index (χ1) is 17.1. The van der Waals surface area contributed by atoms with Crippen LogP contribution in [-0.2, 0) is 12.1 Å². The number of hydrogen-bond donors (Lipinski definition) is 2. The van der Waals surface area contributed by atoms with Gasteiger partial charge in [0.2, 0.25) is 0 Å². The van der Waals surface area contributed by atoms with Gasteiger partial charge < -0.3 is 15.1 Å². The third-order valence-electron chi connectivity index (χ3n) is 8.06. The van der Waals surface area contributed by atoms with Crippen molar-refractivity contribution in [2.45, 2.75) is 64.6 Å². The number of rotatable bonds is 4. The molecule has 8 nitrogen and oxygen atoms in total. The molecule has 0 spiro atoms. The topological polar surface area (TPSA) is 84.6 Å². The van der Waals surface area contributed by atoms with E-state index < -0.39 is 23.1 Å². The van der Waals surface area contributed by atoms with E-state index in [0.717, 1.165) is 43.4 Å². The van der Waals surface area contributed by atoms with Crippen LogP contribution in [0.15, 0.2) is 18.2 Å². The number of amides is 3. The maximum Gasteiger partial charge on any atom is 0.321 e. The highest BCUT2D eigenvalue weighted by atomic mass is 19.1. The Balaban J connectivity index is 1.27. The van der Waals surface area contributed by atoms with Crippen molar-refractivity contribution in [1.82, 2.24) is 24.9 Å². The highest BCUT2D eigenvalue weighted by Gasteiger charge is 2.46. The summed E-state index contributed by atoms with van der Waals surface area (Å²) < 4.78 is 27.3. The molecule has 2 fully saturated rings. The highest BCUT2D eigenvalue weighted by molar-refractivity contribution is 6.04. The van der Waals surface area contributed by atoms with Crippen LogP contribution in [-0.4, -0.2) is 69.1 Å². The number of nitrogens with one attached hydrogen (secondary N) is 2. The largest absolute Gasteiger partial charge is 0.321 e. The number of urea groups is 1. The van der Waals surface area contributed by atoms with E-state index in [4.69, 9.17) is 0 Å². The third kappa shape index (κ3) is 4.47. The minimum Gasteiger partial charge on any atom is -0.319 e. The number of aromatic amines is 1. The Morgan fingerprint density at radius 1 is 1.19 bits per heavy atom. The molecule has 0 radical (unpaired) electrons. The monoisotopic (exact) mass is 500 g/mol. The van der Waals surface area contributed by atoms with Gasteiger partial charge in [-0.25, -0.2) is 13.6 Å². The van der Waals surface area contributed by atoms with Gasteiger partial charge in [-0.1, -0.05) is 12.8 Å². The zero-order valence-electron chi connectivity index (χ0n) is 21.1. The van der Waals surface area contributed by atoms with Crippen molar-refractivity contribution in [1.29, 1.82) is 0 Å². The number of carbonyl (C=O) groups excluding carboxylic acids is 2. The van der Waals surface area contributed by atoms with Gasteiger partial charge in [0.05, 0.1) is 23.3 Å². The Bertz CT molecular complexity index is 1160. The molecule has 0 unspecified atom stereocenters. The Hall–Kier alpha value is -3.01. The zero-order chi connectivity index (χ0) is 25.6. The van der Waals surface area contributed by atoms with Gasteiger partial charge in [0.25, 0.3) is 5.91 Å². The molecule has 1 atom stereocenters. The second-order valence-electron chi connectivity index (χ2n) is 10.9. The van der Waals surface area contributed by atoms with E-state index in [0.29, 0.717) is 18.2 Å². The maximum absolute atomic E-state index is 14.1. The summed E-state index contributed by atoms with van der Waals surface area (Å²) in [4.78, 5) is 32.6. The molecule has 10 heteroatoms. The Morgan fingerprint density at radius 2 is 1.94 bits per heavy atom. The van der Waals surface area contributed by atoms with Gasteiger partial charge in [-0.05, 0) is 51.7 Å². The van der Waals surface area contributed by atoms with E-state index in [1.807, 2.05) is 18.7 Å². The number of hydrogen-bond acceptors (Lipinski definition) is 4. The SMILES string of the molecule is C[C@H]1CN(CC2CCCC2)CCN1C(=O)N1Cc2c(NC(=O)c3ccc(F)cc3F)n[nH]c2C1(C)C. The fourth-order valence-electron chi connectivity index (χ4n) is 5.97. The first kappa shape index (κ1) is 24.7. The summed E-state index contributed by atoms with van der Waals surface area (Å²) in [6.07, 6.45) is 5.29. The molecule has 1 aromatic heterocycles. The van der Waals surface area contributed by atoms with Crippen LogP contribution in [0.3, 0.4) is 0 Å². The van der Waals surface area contributed by atoms with Crippen molar-refractivity contribution >= 4 is 17.8 Å². The number of nitrogens with zero attached hydrogens (tertiary/aromatic N) is 4. The van der Waals surface area contributed by atoms with Gasteiger partial charge in [-0.3, -0.25) is 14.8 Å². The van der Waals surface area contributed by atoms with Crippen LogP contribution in [0, 0.1) is 17.6 Å². The molecule has 2 aliphatic heterocycles. The van der Waals surface area contributed by atoms with Crippen molar-refractivity contribution in [2.75, 3.05) is 31.5 Å². The van der Waals surface area contributed by atoms with Crippen molar-refractivity contribution in [3.8, 4) is 0 Å². The fourth-order valence-corrected chi connectivity index (χ4v) is 5.97. The van der Waals surface area contributed by atoms with Gasteiger partial charge in [0.1, 0.15) is 11.6 Å². The van der Waals surface area contributed by atoms with Gasteiger partial charge in [0.15, 0.2) is 5.82 Å². The molecular weight excluding hydrogens is 466 g/mol. The quantitative estimate of drug-likeness (QED) is 0.656. The summed E-state index contributed by atoms with van der Waals surface area (Å²) in [6.45, 7) is 9.81. The molecule has 3 heterocycles. The normalized spacial score (nSPS) is 22.2. The van der Waals surface area contributed by atoms with E-state index in [1.54, 1.807) is 4.90 Å². The first-order valence-corrected chi connectivity index (χ1v) is 12.8. The molecule has 2 aromatic rings. The third-order valence-corrected chi connectivity index (χ3v) is 8.06. The van der Waals surface area contributed by atoms with Crippen LogP contribution in [0.5, 0.6) is 0 Å². The lowest BCUT2D eigenvalue weighted by atomic mass is 10.0. The standard InChI is InChI=1S/C26H34F2N6O2/c1-16-13-32(14-17-6-4-5-7-17)10-11-33(16)25(36)34-15-20-22(26(34,2)3)30-31-23(20)29-24(35)19-9-8-18(27)12-21(19)28/h8-9,12,16-17H,4-7,10-11,13-15H2,1-3H3,(H2,29,30,31,35)/t16-/m0/s1. The van der Waals surface area contributed by atoms with Crippen LogP contribution >= 0.6 is 0 Å². The molecule has 194 valence electrons. The van der Waals surface area contributed by atoms with Crippen LogP contribution in [0.1, 0.15) is 68.1 Å². The lowest BCUT2D eigenvalue weighted by Crippen LogP contribution is -2.59. The van der Waals surface area contributed by atoms with E-state index in [2.05, 4.69) is 27.3 Å². The molecule has 1 saturated carbocycles. The fraction of sp³-hybridized carbons (Fsp3) is 0.577. The number of piperazine rings is 1. The number of anilines is 1. The predicted molar refractivity (Wildman–Crippen MR) is 131 cm³/mol. The number of H-pyrrole nitrogens is 1. The number of halogens is 2. The number of fused-ring (bicyclic) bond motifs is 1. The van der Waals surface area contributed by atoms with Gasteiger partial charge in [-0.15, -0.1) is 0 Å². The van der Waals surface area contributed by atoms with Gasteiger partial charge in [-0.2, -0.15) is 5.10 Å². The van der Waals surface area contributed by atoms with Crippen LogP contribution in [0.25, 0.3) is 0 Å². The summed E-state index contributed by atoms with van der Waals surface area (Å²) in [6, 6.07) is 2.86. The molecule has 1 aliphatic carbocycles. The number of benzene rings is 1. The molecule has 0 bridgehead atoms. The molecule has 2 N–H and O–H groups in total. The summed E-state index contributed by atoms with van der Waals surface area (Å²) in [5.74, 6) is -1.40. The lowest BCUT2D eigenvalue weighted by molar-refractivity contribution is 0.0544. The molecule has 5 rings (SSSR count). The van der Waals surface area contributed by atoms with E-state index >= 15 is 0 Å². The molecular formula is C26H34F2N6O2. The molecule has 3 amide bonds. The summed E-state index contributed by atoms with van der Waals surface area (Å²) in [7, 11) is 0. The first-order valence-electron chi connectivity index (χ1n) is 12.8. The van der Waals surface area contributed by atoms with Gasteiger partial charge >= 0.3 is 6.03 Å². The maximum atomic E-state index is 14.1. The summed E-state index contributed by atoms with van der Waals surface area (Å²) >= 11 is 0. The average molecular weight is 501 g/mol. The second kappa shape index (κ2) is 9.46. The van der Waals surface area contributed by atoms with Gasteiger partial charge in [0, 0.05) is 43.9 Å². The van der Waals surface area contributed by atoms with Crippen LogP contribution in [0.2, 0.25) is 0 Å². The Labute approximate surface area is 210 Å². The summed E-state index contributed by atoms with van der Waals surface area (Å²) in [5.41, 5.74) is 0.488. The number of carbonyl (C=O) groups is 2. The van der Waals surface area contributed by atoms with Crippen molar-refractivity contribution < 1.29 is 18.4 Å². The Kier molecular flexibility index (Phi) is 6.48. The molecule has 1 saturated heterocycles. The van der Waals surface area contributed by atoms with E-state index in [9.17, 15) is 18.4 Å².